The molecule has 0 aliphatic rings. The molecule has 2 heteroatoms. The van der Waals surface area contributed by atoms with Gasteiger partial charge in [0, 0.05) is 5.56 Å². The van der Waals surface area contributed by atoms with Gasteiger partial charge in [-0.2, -0.15) is 0 Å². The summed E-state index contributed by atoms with van der Waals surface area (Å²) in [6.07, 6.45) is 2.81. The Hall–Kier alpha value is -1.15. The Morgan fingerprint density at radius 2 is 2.00 bits per heavy atom. The first-order valence-corrected chi connectivity index (χ1v) is 5.94. The van der Waals surface area contributed by atoms with Crippen LogP contribution >= 0.6 is 0 Å². The maximum Gasteiger partial charge on any atom is 0.191 e. The Morgan fingerprint density at radius 3 is 2.62 bits per heavy atom. The molecule has 0 saturated heterocycles. The highest BCUT2D eigenvalue weighted by molar-refractivity contribution is 6.00. The summed E-state index contributed by atoms with van der Waals surface area (Å²) in [5.74, 6) is -0.144. The number of rotatable bonds is 6. The monoisotopic (exact) mass is 220 g/mol. The maximum absolute atomic E-state index is 11.9. The van der Waals surface area contributed by atoms with Crippen LogP contribution in [-0.2, 0) is 0 Å². The number of hydrogen-bond acceptors (Lipinski definition) is 2. The van der Waals surface area contributed by atoms with Crippen molar-refractivity contribution in [3.05, 3.63) is 35.4 Å². The van der Waals surface area contributed by atoms with Gasteiger partial charge in [0.15, 0.2) is 5.78 Å². The van der Waals surface area contributed by atoms with Crippen molar-refractivity contribution in [3.63, 3.8) is 0 Å². The van der Waals surface area contributed by atoms with Gasteiger partial charge < -0.3 is 5.11 Å². The molecule has 1 N–H and O–H groups in total. The highest BCUT2D eigenvalue weighted by Gasteiger charge is 2.17. The molecule has 1 atom stereocenters. The van der Waals surface area contributed by atoms with Gasteiger partial charge in [-0.15, -0.1) is 0 Å². The second-order valence-corrected chi connectivity index (χ2v) is 4.19. The summed E-state index contributed by atoms with van der Waals surface area (Å²) in [6.45, 7) is 4.00. The van der Waals surface area contributed by atoms with E-state index in [1.807, 2.05) is 25.1 Å². The van der Waals surface area contributed by atoms with Crippen LogP contribution in [0.5, 0.6) is 0 Å². The van der Waals surface area contributed by atoms with E-state index in [0.717, 1.165) is 24.8 Å². The normalized spacial score (nSPS) is 12.4. The zero-order valence-electron chi connectivity index (χ0n) is 10.1. The lowest BCUT2D eigenvalue weighted by Gasteiger charge is -2.10. The molecule has 2 nitrogen and oxygen atoms in total. The minimum Gasteiger partial charge on any atom is -0.385 e. The number of unbranched alkanes of at least 4 members (excludes halogenated alkanes) is 2. The maximum atomic E-state index is 11.9. The molecule has 1 aromatic carbocycles. The molecular weight excluding hydrogens is 200 g/mol. The van der Waals surface area contributed by atoms with Crippen molar-refractivity contribution < 1.29 is 9.90 Å². The number of aliphatic hydroxyl groups is 1. The first kappa shape index (κ1) is 12.9. The van der Waals surface area contributed by atoms with Gasteiger partial charge in [-0.25, -0.2) is 0 Å². The summed E-state index contributed by atoms with van der Waals surface area (Å²) >= 11 is 0. The second-order valence-electron chi connectivity index (χ2n) is 4.19. The highest BCUT2D eigenvalue weighted by Crippen LogP contribution is 2.13. The Balaban J connectivity index is 2.60. The van der Waals surface area contributed by atoms with E-state index < -0.39 is 6.10 Å². The van der Waals surface area contributed by atoms with E-state index in [0.29, 0.717) is 12.0 Å². The summed E-state index contributed by atoms with van der Waals surface area (Å²) in [5, 5.41) is 9.77. The number of carbonyl (C=O) groups is 1. The van der Waals surface area contributed by atoms with Crippen LogP contribution < -0.4 is 0 Å². The van der Waals surface area contributed by atoms with Gasteiger partial charge >= 0.3 is 0 Å². The second kappa shape index (κ2) is 6.44. The first-order valence-electron chi connectivity index (χ1n) is 5.94. The predicted molar refractivity (Wildman–Crippen MR) is 65.7 cm³/mol. The van der Waals surface area contributed by atoms with Crippen molar-refractivity contribution in [2.75, 3.05) is 0 Å². The quantitative estimate of drug-likeness (QED) is 0.590. The smallest absolute Gasteiger partial charge is 0.191 e. The van der Waals surface area contributed by atoms with E-state index in [1.165, 1.54) is 0 Å². The van der Waals surface area contributed by atoms with Crippen LogP contribution in [0.2, 0.25) is 0 Å². The minimum absolute atomic E-state index is 0.144. The third kappa shape index (κ3) is 3.46. The highest BCUT2D eigenvalue weighted by atomic mass is 16.3. The number of benzene rings is 1. The molecule has 0 spiro atoms. The SMILES string of the molecule is CCCCCC(O)C(=O)c1ccccc1C. The van der Waals surface area contributed by atoms with E-state index in [4.69, 9.17) is 0 Å². The summed E-state index contributed by atoms with van der Waals surface area (Å²) in [6, 6.07) is 7.40. The van der Waals surface area contributed by atoms with Crippen molar-refractivity contribution >= 4 is 5.78 Å². The van der Waals surface area contributed by atoms with Gasteiger partial charge in [-0.05, 0) is 18.9 Å². The van der Waals surface area contributed by atoms with Gasteiger partial charge in [0.2, 0.25) is 0 Å². The van der Waals surface area contributed by atoms with E-state index in [1.54, 1.807) is 6.07 Å². The Bertz CT molecular complexity index is 344. The molecule has 1 aromatic rings. The number of hydrogen-bond donors (Lipinski definition) is 1. The lowest BCUT2D eigenvalue weighted by Crippen LogP contribution is -2.21. The molecule has 0 saturated carbocycles. The fourth-order valence-electron chi connectivity index (χ4n) is 1.75. The van der Waals surface area contributed by atoms with Crippen LogP contribution in [0.15, 0.2) is 24.3 Å². The van der Waals surface area contributed by atoms with Crippen LogP contribution in [0, 0.1) is 6.92 Å². The van der Waals surface area contributed by atoms with Crippen molar-refractivity contribution in [2.45, 2.75) is 45.6 Å². The molecule has 0 amide bonds. The third-order valence-electron chi connectivity index (χ3n) is 2.79. The van der Waals surface area contributed by atoms with Crippen molar-refractivity contribution in [3.8, 4) is 0 Å². The molecule has 88 valence electrons. The average molecular weight is 220 g/mol. The summed E-state index contributed by atoms with van der Waals surface area (Å²) in [7, 11) is 0. The third-order valence-corrected chi connectivity index (χ3v) is 2.79. The van der Waals surface area contributed by atoms with Gasteiger partial charge in [-0.3, -0.25) is 4.79 Å². The molecule has 0 heterocycles. The van der Waals surface area contributed by atoms with E-state index in [2.05, 4.69) is 6.92 Å². The summed E-state index contributed by atoms with van der Waals surface area (Å²) < 4.78 is 0. The van der Waals surface area contributed by atoms with Crippen LogP contribution in [-0.4, -0.2) is 17.0 Å². The summed E-state index contributed by atoms with van der Waals surface area (Å²) in [5.41, 5.74) is 1.58. The predicted octanol–water partition coefficient (Wildman–Crippen LogP) is 3.12. The van der Waals surface area contributed by atoms with Gasteiger partial charge in [0.05, 0.1) is 0 Å². The molecule has 0 radical (unpaired) electrons. The molecule has 1 unspecified atom stereocenters. The number of Topliss-reactive ketones (excluding diaryl/α,β-unsaturated/α-hetero) is 1. The molecule has 0 aliphatic heterocycles. The lowest BCUT2D eigenvalue weighted by molar-refractivity contribution is 0.0725. The molecule has 0 aliphatic carbocycles. The Labute approximate surface area is 97.3 Å². The van der Waals surface area contributed by atoms with Crippen LogP contribution in [0.25, 0.3) is 0 Å². The standard InChI is InChI=1S/C14H20O2/c1-3-4-5-10-13(15)14(16)12-9-7-6-8-11(12)2/h6-9,13,15H,3-5,10H2,1-2H3. The summed E-state index contributed by atoms with van der Waals surface area (Å²) in [4.78, 5) is 11.9. The largest absolute Gasteiger partial charge is 0.385 e. The zero-order valence-corrected chi connectivity index (χ0v) is 10.1. The molecule has 1 rings (SSSR count). The van der Waals surface area contributed by atoms with E-state index in [-0.39, 0.29) is 5.78 Å². The first-order chi connectivity index (χ1) is 7.66. The van der Waals surface area contributed by atoms with Crippen molar-refractivity contribution in [2.24, 2.45) is 0 Å². The number of ketones is 1. The van der Waals surface area contributed by atoms with Crippen molar-refractivity contribution in [1.29, 1.82) is 0 Å². The topological polar surface area (TPSA) is 37.3 Å². The average Bonchev–Trinajstić information content (AvgIpc) is 2.29. The van der Waals surface area contributed by atoms with Gasteiger partial charge in [0.25, 0.3) is 0 Å². The number of carbonyl (C=O) groups excluding carboxylic acids is 1. The van der Waals surface area contributed by atoms with Crippen molar-refractivity contribution in [1.82, 2.24) is 0 Å². The Morgan fingerprint density at radius 1 is 1.31 bits per heavy atom. The fourth-order valence-corrected chi connectivity index (χ4v) is 1.75. The minimum atomic E-state index is -0.840. The van der Waals surface area contributed by atoms with Gasteiger partial charge in [-0.1, -0.05) is 50.5 Å². The van der Waals surface area contributed by atoms with Crippen LogP contribution in [0.4, 0.5) is 0 Å². The van der Waals surface area contributed by atoms with Crippen LogP contribution in [0.3, 0.4) is 0 Å². The van der Waals surface area contributed by atoms with E-state index >= 15 is 0 Å². The zero-order chi connectivity index (χ0) is 12.0. The molecule has 0 bridgehead atoms. The van der Waals surface area contributed by atoms with Crippen LogP contribution in [0.1, 0.15) is 48.5 Å². The molecule has 0 fully saturated rings. The van der Waals surface area contributed by atoms with E-state index in [9.17, 15) is 9.90 Å². The molecule has 0 aromatic heterocycles. The number of aliphatic hydroxyl groups excluding tert-OH is 1. The lowest BCUT2D eigenvalue weighted by atomic mass is 9.98. The Kier molecular flexibility index (Phi) is 5.20. The molecule has 16 heavy (non-hydrogen) atoms. The van der Waals surface area contributed by atoms with Gasteiger partial charge in [0.1, 0.15) is 6.10 Å². The fraction of sp³-hybridized carbons (Fsp3) is 0.500. The number of aryl methyl sites for hydroxylation is 1. The molecular formula is C14H20O2.